The van der Waals surface area contributed by atoms with Crippen LogP contribution in [0.2, 0.25) is 5.02 Å². The molecule has 4 rings (SSSR count). The van der Waals surface area contributed by atoms with Gasteiger partial charge in [-0.05, 0) is 36.1 Å². The number of halogens is 1. The summed E-state index contributed by atoms with van der Waals surface area (Å²) in [5, 5.41) is 9.53. The molecule has 0 fully saturated rings. The molecular weight excluding hydrogens is 418 g/mol. The molecular formula is C23H20ClN3O2S. The van der Waals surface area contributed by atoms with Gasteiger partial charge in [0.2, 0.25) is 0 Å². The Labute approximate surface area is 183 Å². The summed E-state index contributed by atoms with van der Waals surface area (Å²) in [6.45, 7) is 3.03. The molecule has 1 N–H and O–H groups in total. The molecule has 2 heterocycles. The van der Waals surface area contributed by atoms with E-state index < -0.39 is 0 Å². The average molecular weight is 438 g/mol. The molecule has 0 bridgehead atoms. The Bertz CT molecular complexity index is 1150. The zero-order valence-electron chi connectivity index (χ0n) is 16.3. The van der Waals surface area contributed by atoms with E-state index in [-0.39, 0.29) is 5.91 Å². The van der Waals surface area contributed by atoms with E-state index >= 15 is 0 Å². The van der Waals surface area contributed by atoms with E-state index in [0.29, 0.717) is 28.9 Å². The van der Waals surface area contributed by atoms with Gasteiger partial charge < -0.3 is 10.1 Å². The summed E-state index contributed by atoms with van der Waals surface area (Å²) in [5.41, 5.74) is 3.24. The highest BCUT2D eigenvalue weighted by molar-refractivity contribution is 7.12. The lowest BCUT2D eigenvalue weighted by Gasteiger charge is -2.04. The van der Waals surface area contributed by atoms with Gasteiger partial charge in [0.15, 0.2) is 5.82 Å². The van der Waals surface area contributed by atoms with E-state index in [9.17, 15) is 4.79 Å². The molecule has 152 valence electrons. The van der Waals surface area contributed by atoms with E-state index in [0.717, 1.165) is 16.9 Å². The molecule has 0 aliphatic rings. The molecule has 0 unspecified atom stereocenters. The predicted octanol–water partition coefficient (Wildman–Crippen LogP) is 5.79. The number of para-hydroxylation sites is 1. The van der Waals surface area contributed by atoms with Crippen LogP contribution in [0.15, 0.2) is 72.2 Å². The van der Waals surface area contributed by atoms with Crippen LogP contribution in [0.25, 0.3) is 0 Å². The number of carbonyl (C=O) groups excluding carboxylic acids is 1. The summed E-state index contributed by atoms with van der Waals surface area (Å²) in [6.07, 6.45) is 1.72. The normalized spacial score (nSPS) is 10.7. The number of hydrogen-bond donors (Lipinski definition) is 1. The van der Waals surface area contributed by atoms with E-state index in [1.165, 1.54) is 16.9 Å². The molecule has 0 aliphatic heterocycles. The third-order valence-corrected chi connectivity index (χ3v) is 5.66. The lowest BCUT2D eigenvalue weighted by molar-refractivity contribution is 0.103. The highest BCUT2D eigenvalue weighted by Gasteiger charge is 2.15. The SMILES string of the molecule is Cc1cccc(Cn2cc(Cl)c(NC(=O)c3cc(COc4ccccc4)cs3)n2)c1. The van der Waals surface area contributed by atoms with Crippen molar-refractivity contribution in [3.05, 3.63) is 98.8 Å². The lowest BCUT2D eigenvalue weighted by Crippen LogP contribution is -2.11. The van der Waals surface area contributed by atoms with Crippen LogP contribution in [0.5, 0.6) is 5.75 Å². The maximum atomic E-state index is 12.6. The van der Waals surface area contributed by atoms with Crippen molar-refractivity contribution in [2.45, 2.75) is 20.1 Å². The van der Waals surface area contributed by atoms with Crippen LogP contribution < -0.4 is 10.1 Å². The minimum absolute atomic E-state index is 0.242. The number of anilines is 1. The molecule has 2 aromatic carbocycles. The summed E-state index contributed by atoms with van der Waals surface area (Å²) in [7, 11) is 0. The van der Waals surface area contributed by atoms with Crippen molar-refractivity contribution in [2.75, 3.05) is 5.32 Å². The number of ether oxygens (including phenoxy) is 1. The van der Waals surface area contributed by atoms with Crippen molar-refractivity contribution in [1.29, 1.82) is 0 Å². The smallest absolute Gasteiger partial charge is 0.266 e. The maximum Gasteiger partial charge on any atom is 0.266 e. The van der Waals surface area contributed by atoms with Crippen LogP contribution >= 0.6 is 22.9 Å². The number of nitrogens with zero attached hydrogens (tertiary/aromatic N) is 2. The number of rotatable bonds is 7. The van der Waals surface area contributed by atoms with Gasteiger partial charge in [-0.2, -0.15) is 5.10 Å². The number of hydrogen-bond acceptors (Lipinski definition) is 4. The Morgan fingerprint density at radius 2 is 1.97 bits per heavy atom. The van der Waals surface area contributed by atoms with E-state index in [2.05, 4.69) is 16.5 Å². The van der Waals surface area contributed by atoms with Crippen molar-refractivity contribution < 1.29 is 9.53 Å². The van der Waals surface area contributed by atoms with Crippen LogP contribution in [-0.2, 0) is 13.2 Å². The number of amides is 1. The maximum absolute atomic E-state index is 12.6. The van der Waals surface area contributed by atoms with Crippen LogP contribution in [0, 0.1) is 6.92 Å². The van der Waals surface area contributed by atoms with Gasteiger partial charge in [-0.25, -0.2) is 0 Å². The van der Waals surface area contributed by atoms with Crippen LogP contribution in [0.1, 0.15) is 26.4 Å². The van der Waals surface area contributed by atoms with Crippen molar-refractivity contribution in [3.8, 4) is 5.75 Å². The molecule has 0 aliphatic carbocycles. The van der Waals surface area contributed by atoms with Crippen LogP contribution in [0.3, 0.4) is 0 Å². The van der Waals surface area contributed by atoms with Gasteiger partial charge in [0.05, 0.1) is 11.4 Å². The third-order valence-electron chi connectivity index (χ3n) is 4.40. The first-order chi connectivity index (χ1) is 14.6. The molecule has 0 saturated carbocycles. The number of aromatic nitrogens is 2. The highest BCUT2D eigenvalue weighted by Crippen LogP contribution is 2.23. The zero-order valence-corrected chi connectivity index (χ0v) is 17.9. The first kappa shape index (κ1) is 20.2. The standard InChI is InChI=1S/C23H20ClN3O2S/c1-16-6-5-7-17(10-16)12-27-13-20(24)22(26-27)25-23(28)21-11-18(15-30-21)14-29-19-8-3-2-4-9-19/h2-11,13,15H,12,14H2,1H3,(H,25,26,28). The fraction of sp³-hybridized carbons (Fsp3) is 0.130. The monoisotopic (exact) mass is 437 g/mol. The second-order valence-corrected chi connectivity index (χ2v) is 8.21. The Hall–Kier alpha value is -3.09. The Morgan fingerprint density at radius 1 is 1.13 bits per heavy atom. The minimum atomic E-state index is -0.242. The highest BCUT2D eigenvalue weighted by atomic mass is 35.5. The minimum Gasteiger partial charge on any atom is -0.489 e. The molecule has 4 aromatic rings. The van der Waals surface area contributed by atoms with Gasteiger partial charge >= 0.3 is 0 Å². The first-order valence-electron chi connectivity index (χ1n) is 9.42. The van der Waals surface area contributed by atoms with Crippen molar-refractivity contribution >= 4 is 34.7 Å². The fourth-order valence-corrected chi connectivity index (χ4v) is 3.97. The molecule has 0 radical (unpaired) electrons. The van der Waals surface area contributed by atoms with E-state index in [1.54, 1.807) is 10.9 Å². The fourth-order valence-electron chi connectivity index (χ4n) is 2.98. The third kappa shape index (κ3) is 5.09. The van der Waals surface area contributed by atoms with Crippen molar-refractivity contribution in [2.24, 2.45) is 0 Å². The summed E-state index contributed by atoms with van der Waals surface area (Å²) in [5.74, 6) is 0.902. The number of aryl methyl sites for hydroxylation is 1. The molecule has 7 heteroatoms. The number of benzene rings is 2. The topological polar surface area (TPSA) is 56.2 Å². The summed E-state index contributed by atoms with van der Waals surface area (Å²) in [4.78, 5) is 13.2. The lowest BCUT2D eigenvalue weighted by atomic mass is 10.1. The second-order valence-electron chi connectivity index (χ2n) is 6.89. The van der Waals surface area contributed by atoms with Crippen molar-refractivity contribution in [3.63, 3.8) is 0 Å². The molecule has 1 amide bonds. The number of thiophene rings is 1. The Balaban J connectivity index is 1.38. The van der Waals surface area contributed by atoms with Gasteiger partial charge in [-0.15, -0.1) is 11.3 Å². The molecule has 5 nitrogen and oxygen atoms in total. The summed E-state index contributed by atoms with van der Waals surface area (Å²) < 4.78 is 7.45. The largest absolute Gasteiger partial charge is 0.489 e. The van der Waals surface area contributed by atoms with Crippen molar-refractivity contribution in [1.82, 2.24) is 9.78 Å². The van der Waals surface area contributed by atoms with Gasteiger partial charge in [0.1, 0.15) is 17.4 Å². The van der Waals surface area contributed by atoms with E-state index in [4.69, 9.17) is 16.3 Å². The molecule has 0 saturated heterocycles. The average Bonchev–Trinajstić information content (AvgIpc) is 3.34. The summed E-state index contributed by atoms with van der Waals surface area (Å²) in [6, 6.07) is 19.6. The van der Waals surface area contributed by atoms with Gasteiger partial charge in [0.25, 0.3) is 5.91 Å². The predicted molar refractivity (Wildman–Crippen MR) is 121 cm³/mol. The zero-order chi connectivity index (χ0) is 20.9. The van der Waals surface area contributed by atoms with Gasteiger partial charge in [-0.3, -0.25) is 9.48 Å². The van der Waals surface area contributed by atoms with Crippen LogP contribution in [-0.4, -0.2) is 15.7 Å². The van der Waals surface area contributed by atoms with Gasteiger partial charge in [-0.1, -0.05) is 59.6 Å². The quantitative estimate of drug-likeness (QED) is 0.398. The number of carbonyl (C=O) groups is 1. The van der Waals surface area contributed by atoms with Gasteiger partial charge in [0, 0.05) is 11.8 Å². The first-order valence-corrected chi connectivity index (χ1v) is 10.7. The number of nitrogens with one attached hydrogen (secondary N) is 1. The molecule has 30 heavy (non-hydrogen) atoms. The summed E-state index contributed by atoms with van der Waals surface area (Å²) >= 11 is 7.64. The second kappa shape index (κ2) is 9.15. The molecule has 0 atom stereocenters. The molecule has 2 aromatic heterocycles. The van der Waals surface area contributed by atoms with E-state index in [1.807, 2.05) is 66.9 Å². The molecule has 0 spiro atoms. The Kier molecular flexibility index (Phi) is 6.16. The Morgan fingerprint density at radius 3 is 2.77 bits per heavy atom. The van der Waals surface area contributed by atoms with Crippen LogP contribution in [0.4, 0.5) is 5.82 Å².